The van der Waals surface area contributed by atoms with E-state index in [4.69, 9.17) is 0 Å². The van der Waals surface area contributed by atoms with Crippen LogP contribution in [0, 0.1) is 0 Å². The summed E-state index contributed by atoms with van der Waals surface area (Å²) in [7, 11) is 0. The van der Waals surface area contributed by atoms with E-state index in [-0.39, 0.29) is 0 Å². The summed E-state index contributed by atoms with van der Waals surface area (Å²) in [5.74, 6) is 0. The molecule has 1 heterocycles. The second-order valence-electron chi connectivity index (χ2n) is 3.58. The first-order chi connectivity index (χ1) is 8.55. The molecule has 18 heavy (non-hydrogen) atoms. The molecule has 0 aliphatic heterocycles. The van der Waals surface area contributed by atoms with Gasteiger partial charge in [0.25, 0.3) is 0 Å². The number of nitrogens with zero attached hydrogens (tertiary/aromatic N) is 2. The molecule has 0 bridgehead atoms. The molecule has 1 aromatic carbocycles. The van der Waals surface area contributed by atoms with Gasteiger partial charge in [0.05, 0.1) is 17.5 Å². The molecule has 5 heteroatoms. The van der Waals surface area contributed by atoms with E-state index in [0.717, 1.165) is 12.1 Å². The van der Waals surface area contributed by atoms with Crippen molar-refractivity contribution in [3.8, 4) is 0 Å². The second-order valence-corrected chi connectivity index (χ2v) is 3.58. The van der Waals surface area contributed by atoms with Gasteiger partial charge in [-0.15, -0.1) is 0 Å². The van der Waals surface area contributed by atoms with Crippen LogP contribution in [0.2, 0.25) is 0 Å². The fraction of sp³-hybridized carbons (Fsp3) is 0.0769. The molecule has 0 saturated heterocycles. The summed E-state index contributed by atoms with van der Waals surface area (Å²) in [6.07, 6.45) is 3.75. The fourth-order valence-corrected chi connectivity index (χ4v) is 1.36. The van der Waals surface area contributed by atoms with Crippen molar-refractivity contribution in [2.45, 2.75) is 6.18 Å². The molecule has 0 spiro atoms. The summed E-state index contributed by atoms with van der Waals surface area (Å²) < 4.78 is 37.0. The Labute approximate surface area is 102 Å². The van der Waals surface area contributed by atoms with Gasteiger partial charge in [0.2, 0.25) is 0 Å². The highest BCUT2D eigenvalue weighted by molar-refractivity contribution is 5.67. The Morgan fingerprint density at radius 1 is 0.944 bits per heavy atom. The molecule has 0 saturated carbocycles. The fourth-order valence-electron chi connectivity index (χ4n) is 1.36. The average molecular weight is 250 g/mol. The molecule has 0 aliphatic rings. The van der Waals surface area contributed by atoms with Gasteiger partial charge in [-0.2, -0.15) is 13.2 Å². The predicted octanol–water partition coefficient (Wildman–Crippen LogP) is 3.67. The minimum atomic E-state index is -4.30. The van der Waals surface area contributed by atoms with Crippen LogP contribution >= 0.6 is 0 Å². The first-order valence-electron chi connectivity index (χ1n) is 5.17. The molecule has 2 rings (SSSR count). The number of halogens is 3. The smallest absolute Gasteiger partial charge is 0.261 e. The van der Waals surface area contributed by atoms with Crippen LogP contribution in [0.1, 0.15) is 16.8 Å². The van der Waals surface area contributed by atoms with Crippen molar-refractivity contribution in [2.24, 2.45) is 0 Å². The largest absolute Gasteiger partial charge is 0.416 e. The SMILES string of the molecule is FC(F)(F)c1ccc(/C=C/c2cnccn2)cc1. The molecule has 0 aliphatic carbocycles. The van der Waals surface area contributed by atoms with Crippen molar-refractivity contribution in [2.75, 3.05) is 0 Å². The monoisotopic (exact) mass is 250 g/mol. The van der Waals surface area contributed by atoms with Gasteiger partial charge in [0.15, 0.2) is 0 Å². The van der Waals surface area contributed by atoms with Crippen LogP contribution in [0.3, 0.4) is 0 Å². The van der Waals surface area contributed by atoms with Gasteiger partial charge in [-0.05, 0) is 23.8 Å². The molecule has 0 radical (unpaired) electrons. The molecule has 0 N–H and O–H groups in total. The van der Waals surface area contributed by atoms with Crippen molar-refractivity contribution in [3.63, 3.8) is 0 Å². The lowest BCUT2D eigenvalue weighted by atomic mass is 10.1. The predicted molar refractivity (Wildman–Crippen MR) is 62.4 cm³/mol. The Bertz CT molecular complexity index is 530. The van der Waals surface area contributed by atoms with E-state index in [1.165, 1.54) is 12.1 Å². The Balaban J connectivity index is 2.14. The summed E-state index contributed by atoms with van der Waals surface area (Å²) in [4.78, 5) is 7.90. The zero-order valence-corrected chi connectivity index (χ0v) is 9.22. The highest BCUT2D eigenvalue weighted by Gasteiger charge is 2.29. The maximum atomic E-state index is 12.3. The normalized spacial score (nSPS) is 11.9. The molecule has 0 fully saturated rings. The van der Waals surface area contributed by atoms with Gasteiger partial charge < -0.3 is 0 Å². The highest BCUT2D eigenvalue weighted by Crippen LogP contribution is 2.29. The van der Waals surface area contributed by atoms with Crippen LogP contribution in [0.15, 0.2) is 42.9 Å². The summed E-state index contributed by atoms with van der Waals surface area (Å²) in [5, 5.41) is 0. The zero-order chi connectivity index (χ0) is 13.0. The Hall–Kier alpha value is -2.17. The summed E-state index contributed by atoms with van der Waals surface area (Å²) in [5.41, 5.74) is 0.671. The van der Waals surface area contributed by atoms with Gasteiger partial charge in [-0.3, -0.25) is 9.97 Å². The lowest BCUT2D eigenvalue weighted by molar-refractivity contribution is -0.137. The molecule has 2 nitrogen and oxygen atoms in total. The lowest BCUT2D eigenvalue weighted by Crippen LogP contribution is -2.03. The van der Waals surface area contributed by atoms with E-state index in [2.05, 4.69) is 9.97 Å². The molecular formula is C13H9F3N2. The van der Waals surface area contributed by atoms with E-state index in [1.54, 1.807) is 30.7 Å². The summed E-state index contributed by atoms with van der Waals surface area (Å²) >= 11 is 0. The number of alkyl halides is 3. The van der Waals surface area contributed by atoms with E-state index < -0.39 is 11.7 Å². The topological polar surface area (TPSA) is 25.8 Å². The number of hydrogen-bond acceptors (Lipinski definition) is 2. The standard InChI is InChI=1S/C13H9F3N2/c14-13(15,16)11-4-1-10(2-5-11)3-6-12-9-17-7-8-18-12/h1-9H/b6-3+. The summed E-state index contributed by atoms with van der Waals surface area (Å²) in [6.45, 7) is 0. The van der Waals surface area contributed by atoms with Crippen LogP contribution in [0.25, 0.3) is 12.2 Å². The van der Waals surface area contributed by atoms with Gasteiger partial charge in [-0.1, -0.05) is 18.2 Å². The molecule has 92 valence electrons. The van der Waals surface area contributed by atoms with Crippen LogP contribution in [-0.4, -0.2) is 9.97 Å². The molecule has 0 amide bonds. The zero-order valence-electron chi connectivity index (χ0n) is 9.22. The lowest BCUT2D eigenvalue weighted by Gasteiger charge is -2.05. The van der Waals surface area contributed by atoms with Crippen LogP contribution < -0.4 is 0 Å². The van der Waals surface area contributed by atoms with Crippen LogP contribution in [-0.2, 0) is 6.18 Å². The van der Waals surface area contributed by atoms with E-state index in [0.29, 0.717) is 11.3 Å². The van der Waals surface area contributed by atoms with Crippen molar-refractivity contribution in [1.29, 1.82) is 0 Å². The summed E-state index contributed by atoms with van der Waals surface area (Å²) in [6, 6.07) is 4.93. The first-order valence-corrected chi connectivity index (χ1v) is 5.17. The highest BCUT2D eigenvalue weighted by atomic mass is 19.4. The third kappa shape index (κ3) is 3.16. The van der Waals surface area contributed by atoms with Crippen LogP contribution in [0.4, 0.5) is 13.2 Å². The average Bonchev–Trinajstić information content (AvgIpc) is 2.37. The van der Waals surface area contributed by atoms with Gasteiger partial charge >= 0.3 is 6.18 Å². The number of hydrogen-bond donors (Lipinski definition) is 0. The third-order valence-corrected chi connectivity index (χ3v) is 2.27. The quantitative estimate of drug-likeness (QED) is 0.812. The van der Waals surface area contributed by atoms with Gasteiger partial charge in [0, 0.05) is 12.4 Å². The van der Waals surface area contributed by atoms with Crippen molar-refractivity contribution in [3.05, 3.63) is 59.7 Å². The van der Waals surface area contributed by atoms with Crippen molar-refractivity contribution in [1.82, 2.24) is 9.97 Å². The Kier molecular flexibility index (Phi) is 3.41. The maximum Gasteiger partial charge on any atom is 0.416 e. The maximum absolute atomic E-state index is 12.3. The Morgan fingerprint density at radius 3 is 2.22 bits per heavy atom. The molecule has 1 aromatic heterocycles. The number of benzene rings is 1. The molecule has 0 unspecified atom stereocenters. The Morgan fingerprint density at radius 2 is 1.67 bits per heavy atom. The van der Waals surface area contributed by atoms with Crippen molar-refractivity contribution < 1.29 is 13.2 Å². The van der Waals surface area contributed by atoms with Gasteiger partial charge in [-0.25, -0.2) is 0 Å². The van der Waals surface area contributed by atoms with Crippen LogP contribution in [0.5, 0.6) is 0 Å². The number of aromatic nitrogens is 2. The van der Waals surface area contributed by atoms with E-state index >= 15 is 0 Å². The van der Waals surface area contributed by atoms with Gasteiger partial charge in [0.1, 0.15) is 0 Å². The second kappa shape index (κ2) is 5.00. The molecule has 2 aromatic rings. The first kappa shape index (κ1) is 12.3. The van der Waals surface area contributed by atoms with Crippen molar-refractivity contribution >= 4 is 12.2 Å². The minimum Gasteiger partial charge on any atom is -0.261 e. The third-order valence-electron chi connectivity index (χ3n) is 2.27. The van der Waals surface area contributed by atoms with E-state index in [9.17, 15) is 13.2 Å². The molecular weight excluding hydrogens is 241 g/mol. The molecule has 0 atom stereocenters. The minimum absolute atomic E-state index is 0.650. The van der Waals surface area contributed by atoms with E-state index in [1.807, 2.05) is 0 Å². The number of rotatable bonds is 2.